The van der Waals surface area contributed by atoms with Gasteiger partial charge >= 0.3 is 5.97 Å². The molecule has 2 rings (SSSR count). The summed E-state index contributed by atoms with van der Waals surface area (Å²) in [7, 11) is 0. The van der Waals surface area contributed by atoms with E-state index in [0.717, 1.165) is 19.3 Å². The Morgan fingerprint density at radius 3 is 2.59 bits per heavy atom. The summed E-state index contributed by atoms with van der Waals surface area (Å²) >= 11 is 1.29. The number of carboxylic acids is 1. The minimum Gasteiger partial charge on any atom is -0.480 e. The minimum atomic E-state index is -0.772. The largest absolute Gasteiger partial charge is 0.480 e. The molecule has 0 amide bonds. The number of hydrogen-bond acceptors (Lipinski definition) is 2. The van der Waals surface area contributed by atoms with Gasteiger partial charge in [-0.3, -0.25) is 4.79 Å². The summed E-state index contributed by atoms with van der Waals surface area (Å²) in [6, 6.07) is 6.17. The molecule has 1 fully saturated rings. The van der Waals surface area contributed by atoms with Crippen LogP contribution >= 0.6 is 11.8 Å². The Morgan fingerprint density at radius 1 is 1.29 bits per heavy atom. The van der Waals surface area contributed by atoms with Crippen molar-refractivity contribution in [1.82, 2.24) is 0 Å². The number of hydrogen-bond donors (Lipinski definition) is 1. The first-order chi connectivity index (χ1) is 8.12. The third-order valence-corrected chi connectivity index (χ3v) is 4.62. The molecule has 1 aromatic carbocycles. The molecular weight excluding hydrogens is 239 g/mol. The van der Waals surface area contributed by atoms with Gasteiger partial charge in [-0.25, -0.2) is 4.39 Å². The Labute approximate surface area is 104 Å². The Balaban J connectivity index is 2.20. The molecule has 1 N–H and O–H groups in total. The summed E-state index contributed by atoms with van der Waals surface area (Å²) in [6.07, 6.45) is 4.31. The minimum absolute atomic E-state index is 0.314. The molecule has 0 bridgehead atoms. The van der Waals surface area contributed by atoms with E-state index in [4.69, 9.17) is 0 Å². The number of carboxylic acid groups (broad SMARTS) is 1. The zero-order valence-corrected chi connectivity index (χ0v) is 10.3. The van der Waals surface area contributed by atoms with Crippen LogP contribution in [0, 0.1) is 5.82 Å². The summed E-state index contributed by atoms with van der Waals surface area (Å²) in [6.45, 7) is 0. The maximum Gasteiger partial charge on any atom is 0.320 e. The number of benzene rings is 1. The second kappa shape index (κ2) is 5.08. The van der Waals surface area contributed by atoms with Crippen molar-refractivity contribution in [2.75, 3.05) is 0 Å². The number of halogens is 1. The van der Waals surface area contributed by atoms with Crippen molar-refractivity contribution in [3.8, 4) is 0 Å². The van der Waals surface area contributed by atoms with Crippen molar-refractivity contribution in [1.29, 1.82) is 0 Å². The van der Waals surface area contributed by atoms with Gasteiger partial charge in [-0.15, -0.1) is 11.8 Å². The smallest absolute Gasteiger partial charge is 0.320 e. The molecule has 0 aliphatic heterocycles. The highest BCUT2D eigenvalue weighted by molar-refractivity contribution is 8.01. The molecule has 0 unspecified atom stereocenters. The summed E-state index contributed by atoms with van der Waals surface area (Å²) < 4.78 is 12.3. The SMILES string of the molecule is O=C(O)C1(Sc2cccc(F)c2)CCCCC1. The monoisotopic (exact) mass is 254 g/mol. The summed E-state index contributed by atoms with van der Waals surface area (Å²) in [5, 5.41) is 9.40. The van der Waals surface area contributed by atoms with Crippen LogP contribution in [0.15, 0.2) is 29.2 Å². The molecular formula is C13H15FO2S. The first-order valence-electron chi connectivity index (χ1n) is 5.80. The van der Waals surface area contributed by atoms with Gasteiger partial charge in [-0.1, -0.05) is 25.3 Å². The summed E-state index contributed by atoms with van der Waals surface area (Å²) in [4.78, 5) is 12.2. The Kier molecular flexibility index (Phi) is 3.72. The molecule has 17 heavy (non-hydrogen) atoms. The summed E-state index contributed by atoms with van der Waals surface area (Å²) in [5.74, 6) is -1.09. The molecule has 0 atom stereocenters. The fourth-order valence-corrected chi connectivity index (χ4v) is 3.59. The maximum atomic E-state index is 13.1. The first kappa shape index (κ1) is 12.4. The molecule has 1 saturated carbocycles. The van der Waals surface area contributed by atoms with Crippen LogP contribution in [0.25, 0.3) is 0 Å². The number of rotatable bonds is 3. The third kappa shape index (κ3) is 2.80. The zero-order valence-electron chi connectivity index (χ0n) is 9.49. The van der Waals surface area contributed by atoms with Crippen LogP contribution in [0.2, 0.25) is 0 Å². The predicted octanol–water partition coefficient (Wildman–Crippen LogP) is 3.71. The lowest BCUT2D eigenvalue weighted by Crippen LogP contribution is -2.37. The van der Waals surface area contributed by atoms with Crippen molar-refractivity contribution in [3.63, 3.8) is 0 Å². The first-order valence-corrected chi connectivity index (χ1v) is 6.62. The van der Waals surface area contributed by atoms with Gasteiger partial charge in [-0.05, 0) is 31.0 Å². The van der Waals surface area contributed by atoms with Gasteiger partial charge in [0.1, 0.15) is 10.6 Å². The van der Waals surface area contributed by atoms with E-state index in [1.165, 1.54) is 23.9 Å². The van der Waals surface area contributed by atoms with Gasteiger partial charge in [0.05, 0.1) is 0 Å². The van der Waals surface area contributed by atoms with Gasteiger partial charge in [0, 0.05) is 4.90 Å². The molecule has 4 heteroatoms. The van der Waals surface area contributed by atoms with Crippen molar-refractivity contribution < 1.29 is 14.3 Å². The molecule has 92 valence electrons. The highest BCUT2D eigenvalue weighted by atomic mass is 32.2. The molecule has 0 saturated heterocycles. The average Bonchev–Trinajstić information content (AvgIpc) is 2.30. The molecule has 0 heterocycles. The van der Waals surface area contributed by atoms with Crippen molar-refractivity contribution >= 4 is 17.7 Å². The highest BCUT2D eigenvalue weighted by Gasteiger charge is 2.40. The van der Waals surface area contributed by atoms with Gasteiger partial charge in [0.15, 0.2) is 0 Å². The fourth-order valence-electron chi connectivity index (χ4n) is 2.24. The number of carbonyl (C=O) groups is 1. The average molecular weight is 254 g/mol. The van der Waals surface area contributed by atoms with E-state index >= 15 is 0 Å². The van der Waals surface area contributed by atoms with E-state index in [0.29, 0.717) is 17.7 Å². The molecule has 1 aromatic rings. The number of thioether (sulfide) groups is 1. The second-order valence-corrected chi connectivity index (χ2v) is 5.88. The van der Waals surface area contributed by atoms with E-state index in [9.17, 15) is 14.3 Å². The maximum absolute atomic E-state index is 13.1. The van der Waals surface area contributed by atoms with Crippen LogP contribution in [0.4, 0.5) is 4.39 Å². The van der Waals surface area contributed by atoms with Gasteiger partial charge in [0.2, 0.25) is 0 Å². The Morgan fingerprint density at radius 2 is 2.00 bits per heavy atom. The van der Waals surface area contributed by atoms with E-state index in [1.54, 1.807) is 12.1 Å². The lowest BCUT2D eigenvalue weighted by atomic mass is 9.88. The highest BCUT2D eigenvalue weighted by Crippen LogP contribution is 2.44. The van der Waals surface area contributed by atoms with Gasteiger partial charge in [-0.2, -0.15) is 0 Å². The lowest BCUT2D eigenvalue weighted by molar-refractivity contribution is -0.140. The predicted molar refractivity (Wildman–Crippen MR) is 65.7 cm³/mol. The normalized spacial score (nSPS) is 18.9. The summed E-state index contributed by atoms with van der Waals surface area (Å²) in [5.41, 5.74) is 0. The molecule has 0 radical (unpaired) electrons. The molecule has 0 spiro atoms. The fraction of sp³-hybridized carbons (Fsp3) is 0.462. The van der Waals surface area contributed by atoms with E-state index < -0.39 is 10.7 Å². The number of aliphatic carboxylic acids is 1. The molecule has 0 aromatic heterocycles. The van der Waals surface area contributed by atoms with Crippen LogP contribution in [0.3, 0.4) is 0 Å². The zero-order chi connectivity index (χ0) is 12.3. The third-order valence-electron chi connectivity index (χ3n) is 3.16. The van der Waals surface area contributed by atoms with Crippen molar-refractivity contribution in [3.05, 3.63) is 30.1 Å². The van der Waals surface area contributed by atoms with E-state index in [-0.39, 0.29) is 5.82 Å². The van der Waals surface area contributed by atoms with Gasteiger partial charge < -0.3 is 5.11 Å². The standard InChI is InChI=1S/C13H15FO2S/c14-10-5-4-6-11(9-10)17-13(12(15)16)7-2-1-3-8-13/h4-6,9H,1-3,7-8H2,(H,15,16). The van der Waals surface area contributed by atoms with Crippen LogP contribution in [0.5, 0.6) is 0 Å². The molecule has 1 aliphatic rings. The second-order valence-electron chi connectivity index (χ2n) is 4.42. The van der Waals surface area contributed by atoms with Crippen LogP contribution in [0.1, 0.15) is 32.1 Å². The van der Waals surface area contributed by atoms with Crippen LogP contribution < -0.4 is 0 Å². The quantitative estimate of drug-likeness (QED) is 0.893. The topological polar surface area (TPSA) is 37.3 Å². The van der Waals surface area contributed by atoms with E-state index in [2.05, 4.69) is 0 Å². The lowest BCUT2D eigenvalue weighted by Gasteiger charge is -2.32. The van der Waals surface area contributed by atoms with Crippen LogP contribution in [-0.4, -0.2) is 15.8 Å². The van der Waals surface area contributed by atoms with E-state index in [1.807, 2.05) is 0 Å². The van der Waals surface area contributed by atoms with Crippen molar-refractivity contribution in [2.24, 2.45) is 0 Å². The Hall–Kier alpha value is -1.03. The molecule has 1 aliphatic carbocycles. The van der Waals surface area contributed by atoms with Crippen LogP contribution in [-0.2, 0) is 4.79 Å². The molecule has 2 nitrogen and oxygen atoms in total. The van der Waals surface area contributed by atoms with Gasteiger partial charge in [0.25, 0.3) is 0 Å². The Bertz CT molecular complexity index is 414. The van der Waals surface area contributed by atoms with Crippen molar-refractivity contribution in [2.45, 2.75) is 41.7 Å².